The van der Waals surface area contributed by atoms with Crippen LogP contribution in [0.2, 0.25) is 0 Å². The van der Waals surface area contributed by atoms with Gasteiger partial charge < -0.3 is 15.5 Å². The van der Waals surface area contributed by atoms with E-state index < -0.39 is 0 Å². The summed E-state index contributed by atoms with van der Waals surface area (Å²) in [6, 6.07) is 11.2. The molecule has 5 bridgehead atoms. The summed E-state index contributed by atoms with van der Waals surface area (Å²) in [7, 11) is 0. The highest BCUT2D eigenvalue weighted by Gasteiger charge is 2.50. The summed E-state index contributed by atoms with van der Waals surface area (Å²) in [6.45, 7) is 9.22. The maximum atomic E-state index is 3.69. The van der Waals surface area contributed by atoms with Crippen molar-refractivity contribution in [1.29, 1.82) is 0 Å². The second kappa shape index (κ2) is 6.56. The van der Waals surface area contributed by atoms with Crippen LogP contribution < -0.4 is 10.6 Å². The molecular formula is C24H31N3. The Hall–Kier alpha value is -2.00. The maximum absolute atomic E-state index is 3.69. The van der Waals surface area contributed by atoms with E-state index in [0.29, 0.717) is 12.0 Å². The van der Waals surface area contributed by atoms with Gasteiger partial charge in [-0.05, 0) is 48.5 Å². The van der Waals surface area contributed by atoms with Crippen molar-refractivity contribution in [1.82, 2.24) is 10.2 Å². The van der Waals surface area contributed by atoms with E-state index in [4.69, 9.17) is 0 Å². The predicted molar refractivity (Wildman–Crippen MR) is 113 cm³/mol. The van der Waals surface area contributed by atoms with Crippen molar-refractivity contribution in [2.24, 2.45) is 11.3 Å². The van der Waals surface area contributed by atoms with Crippen LogP contribution in [0.25, 0.3) is 0 Å². The van der Waals surface area contributed by atoms with Crippen molar-refractivity contribution in [3.63, 3.8) is 0 Å². The number of hydrogen-bond acceptors (Lipinski definition) is 3. The Morgan fingerprint density at radius 2 is 2.07 bits per heavy atom. The smallest absolute Gasteiger partial charge is 0.0363 e. The first-order chi connectivity index (χ1) is 13.2. The van der Waals surface area contributed by atoms with E-state index in [1.54, 1.807) is 22.4 Å². The predicted octanol–water partition coefficient (Wildman–Crippen LogP) is 4.33. The number of allylic oxidation sites excluding steroid dienone is 3. The fraction of sp³-hybridized carbons (Fsp3) is 0.500. The van der Waals surface area contributed by atoms with Crippen LogP contribution in [0.3, 0.4) is 0 Å². The second-order valence-corrected chi connectivity index (χ2v) is 8.81. The highest BCUT2D eigenvalue weighted by molar-refractivity contribution is 5.55. The van der Waals surface area contributed by atoms with Gasteiger partial charge in [-0.25, -0.2) is 0 Å². The molecule has 2 aliphatic carbocycles. The maximum Gasteiger partial charge on any atom is 0.0363 e. The number of nitrogens with zero attached hydrogens (tertiary/aromatic N) is 1. The average Bonchev–Trinajstić information content (AvgIpc) is 3.02. The van der Waals surface area contributed by atoms with E-state index in [1.165, 1.54) is 24.9 Å². The Morgan fingerprint density at radius 1 is 1.22 bits per heavy atom. The molecule has 1 aromatic rings. The Bertz CT molecular complexity index is 819. The minimum Gasteiger partial charge on any atom is -0.383 e. The average molecular weight is 362 g/mol. The summed E-state index contributed by atoms with van der Waals surface area (Å²) >= 11 is 0. The molecule has 0 radical (unpaired) electrons. The first-order valence-electron chi connectivity index (χ1n) is 10.6. The molecule has 3 heteroatoms. The summed E-state index contributed by atoms with van der Waals surface area (Å²) in [5.41, 5.74) is 8.11. The van der Waals surface area contributed by atoms with Crippen LogP contribution in [0, 0.1) is 11.3 Å². The Labute approximate surface area is 163 Å². The van der Waals surface area contributed by atoms with Gasteiger partial charge in [0.25, 0.3) is 0 Å². The van der Waals surface area contributed by atoms with Crippen LogP contribution >= 0.6 is 0 Å². The zero-order chi connectivity index (χ0) is 18.4. The summed E-state index contributed by atoms with van der Waals surface area (Å²) < 4.78 is 0. The van der Waals surface area contributed by atoms with Gasteiger partial charge >= 0.3 is 0 Å². The Balaban J connectivity index is 1.45. The van der Waals surface area contributed by atoms with Gasteiger partial charge in [0.15, 0.2) is 0 Å². The van der Waals surface area contributed by atoms with E-state index in [2.05, 4.69) is 71.9 Å². The number of hydrogen-bond donors (Lipinski definition) is 2. The first kappa shape index (κ1) is 17.1. The molecule has 0 fully saturated rings. The van der Waals surface area contributed by atoms with Gasteiger partial charge in [0.2, 0.25) is 0 Å². The lowest BCUT2D eigenvalue weighted by Gasteiger charge is -2.48. The molecule has 4 aliphatic rings. The number of benzene rings is 1. The van der Waals surface area contributed by atoms with E-state index in [9.17, 15) is 0 Å². The van der Waals surface area contributed by atoms with Gasteiger partial charge in [0, 0.05) is 49.0 Å². The lowest BCUT2D eigenvalue weighted by molar-refractivity contribution is 0.113. The van der Waals surface area contributed by atoms with Crippen LogP contribution in [0.5, 0.6) is 0 Å². The SMILES string of the molecule is CC1C2CC3=C(CCC4=C3/C=C\CNCC41C)N2CCNc1ccccc1. The van der Waals surface area contributed by atoms with Crippen LogP contribution in [-0.4, -0.2) is 37.1 Å². The summed E-state index contributed by atoms with van der Waals surface area (Å²) in [4.78, 5) is 2.76. The van der Waals surface area contributed by atoms with Gasteiger partial charge in [-0.1, -0.05) is 49.8 Å². The molecule has 0 amide bonds. The monoisotopic (exact) mass is 361 g/mol. The topological polar surface area (TPSA) is 27.3 Å². The van der Waals surface area contributed by atoms with Crippen molar-refractivity contribution < 1.29 is 0 Å². The molecule has 0 saturated carbocycles. The quantitative estimate of drug-likeness (QED) is 0.836. The third-order valence-electron chi connectivity index (χ3n) is 7.54. The summed E-state index contributed by atoms with van der Waals surface area (Å²) in [5, 5.41) is 7.31. The molecule has 0 saturated heterocycles. The van der Waals surface area contributed by atoms with Crippen LogP contribution in [0.15, 0.2) is 64.9 Å². The second-order valence-electron chi connectivity index (χ2n) is 8.81. The molecule has 3 unspecified atom stereocenters. The fourth-order valence-corrected chi connectivity index (χ4v) is 5.91. The Morgan fingerprint density at radius 3 is 2.93 bits per heavy atom. The van der Waals surface area contributed by atoms with E-state index in [0.717, 1.165) is 26.2 Å². The lowest BCUT2D eigenvalue weighted by atomic mass is 9.65. The molecule has 0 aromatic heterocycles. The van der Waals surface area contributed by atoms with Crippen molar-refractivity contribution in [2.75, 3.05) is 31.5 Å². The van der Waals surface area contributed by atoms with E-state index >= 15 is 0 Å². The highest BCUT2D eigenvalue weighted by Crippen LogP contribution is 2.56. The molecule has 2 heterocycles. The largest absolute Gasteiger partial charge is 0.383 e. The zero-order valence-electron chi connectivity index (χ0n) is 16.6. The number of likely N-dealkylation sites (tertiary alicyclic amines) is 1. The van der Waals surface area contributed by atoms with Crippen molar-refractivity contribution >= 4 is 5.69 Å². The lowest BCUT2D eigenvalue weighted by Crippen LogP contribution is -2.50. The number of para-hydroxylation sites is 1. The molecule has 2 aliphatic heterocycles. The first-order valence-corrected chi connectivity index (χ1v) is 10.6. The van der Waals surface area contributed by atoms with E-state index in [-0.39, 0.29) is 5.41 Å². The third kappa shape index (κ3) is 2.67. The zero-order valence-corrected chi connectivity index (χ0v) is 16.6. The summed E-state index contributed by atoms with van der Waals surface area (Å²) in [5.74, 6) is 0.661. The van der Waals surface area contributed by atoms with Gasteiger partial charge in [-0.15, -0.1) is 0 Å². The molecule has 2 N–H and O–H groups in total. The van der Waals surface area contributed by atoms with Gasteiger partial charge in [0.1, 0.15) is 0 Å². The standard InChI is InChI=1S/C24H31N3/c1-17-23-15-20-19-9-6-12-25-16-24(17,2)21(19)10-11-22(20)27(23)14-13-26-18-7-4-3-5-8-18/h3-9,17,23,25-26H,10-16H2,1-2H3/b9-6-. The summed E-state index contributed by atoms with van der Waals surface area (Å²) in [6.07, 6.45) is 8.45. The number of fused-ring (bicyclic) bond motifs is 1. The van der Waals surface area contributed by atoms with Gasteiger partial charge in [-0.3, -0.25) is 0 Å². The van der Waals surface area contributed by atoms with Crippen molar-refractivity contribution in [2.45, 2.75) is 39.2 Å². The minimum absolute atomic E-state index is 0.267. The van der Waals surface area contributed by atoms with Crippen LogP contribution in [-0.2, 0) is 0 Å². The molecule has 3 nitrogen and oxygen atoms in total. The molecule has 3 atom stereocenters. The third-order valence-corrected chi connectivity index (χ3v) is 7.54. The molecule has 1 aromatic carbocycles. The minimum atomic E-state index is 0.267. The van der Waals surface area contributed by atoms with E-state index in [1.807, 2.05) is 0 Å². The van der Waals surface area contributed by atoms with Crippen molar-refractivity contribution in [3.05, 3.63) is 64.9 Å². The van der Waals surface area contributed by atoms with Crippen LogP contribution in [0.1, 0.15) is 33.1 Å². The highest BCUT2D eigenvalue weighted by atomic mass is 15.2. The molecule has 142 valence electrons. The molecular weight excluding hydrogens is 330 g/mol. The number of rotatable bonds is 4. The molecule has 5 rings (SSSR count). The number of nitrogens with one attached hydrogen (secondary N) is 2. The van der Waals surface area contributed by atoms with Crippen LogP contribution in [0.4, 0.5) is 5.69 Å². The molecule has 27 heavy (non-hydrogen) atoms. The van der Waals surface area contributed by atoms with Gasteiger partial charge in [0.05, 0.1) is 0 Å². The normalized spacial score (nSPS) is 33.0. The number of anilines is 1. The molecule has 0 spiro atoms. The van der Waals surface area contributed by atoms with Crippen molar-refractivity contribution in [3.8, 4) is 0 Å². The fourth-order valence-electron chi connectivity index (χ4n) is 5.91. The Kier molecular flexibility index (Phi) is 4.16. The van der Waals surface area contributed by atoms with Gasteiger partial charge in [-0.2, -0.15) is 0 Å².